The Hall–Kier alpha value is -0.710. The average molecular weight is 303 g/mol. The molecule has 5 heteroatoms. The minimum absolute atomic E-state index is 0. The summed E-state index contributed by atoms with van der Waals surface area (Å²) in [6.45, 7) is 4.70. The summed E-state index contributed by atoms with van der Waals surface area (Å²) in [6.07, 6.45) is 1.27. The van der Waals surface area contributed by atoms with Crippen molar-refractivity contribution in [3.63, 3.8) is 0 Å². The molecule has 0 fully saturated rings. The van der Waals surface area contributed by atoms with Crippen LogP contribution in [0.5, 0.6) is 0 Å². The highest BCUT2D eigenvalue weighted by molar-refractivity contribution is 7.99. The second-order valence-corrected chi connectivity index (χ2v) is 5.70. The van der Waals surface area contributed by atoms with Gasteiger partial charge in [-0.1, -0.05) is 17.7 Å². The molecule has 0 saturated heterocycles. The van der Waals surface area contributed by atoms with Crippen LogP contribution in [0.3, 0.4) is 0 Å². The van der Waals surface area contributed by atoms with E-state index in [0.29, 0.717) is 13.0 Å². The minimum atomic E-state index is 0. The molecule has 1 unspecified atom stereocenters. The standard InChI is InChI=1S/C14H22N2OS.ClH/c1-11-3-6-13(7-4-11)18-10-9-16-14(17)8-5-12(2)15;/h3-4,6-7,12H,5,8-10,15H2,1-2H3,(H,16,17);1H. The minimum Gasteiger partial charge on any atom is -0.355 e. The first-order valence-corrected chi connectivity index (χ1v) is 7.28. The first-order chi connectivity index (χ1) is 8.58. The number of nitrogens with one attached hydrogen (secondary N) is 1. The lowest BCUT2D eigenvalue weighted by Crippen LogP contribution is -2.27. The number of thioether (sulfide) groups is 1. The van der Waals surface area contributed by atoms with Crippen molar-refractivity contribution in [1.82, 2.24) is 5.32 Å². The molecule has 1 amide bonds. The molecule has 1 rings (SSSR count). The highest BCUT2D eigenvalue weighted by Gasteiger charge is 2.02. The predicted molar refractivity (Wildman–Crippen MR) is 85.0 cm³/mol. The van der Waals surface area contributed by atoms with Crippen molar-refractivity contribution in [2.24, 2.45) is 5.73 Å². The Morgan fingerprint density at radius 2 is 2.00 bits per heavy atom. The van der Waals surface area contributed by atoms with Gasteiger partial charge in [-0.05, 0) is 32.4 Å². The van der Waals surface area contributed by atoms with Crippen LogP contribution in [-0.4, -0.2) is 24.2 Å². The molecule has 108 valence electrons. The number of amides is 1. The Bertz CT molecular complexity index is 368. The van der Waals surface area contributed by atoms with Gasteiger partial charge in [0.2, 0.25) is 5.91 Å². The van der Waals surface area contributed by atoms with Gasteiger partial charge in [-0.3, -0.25) is 4.79 Å². The highest BCUT2D eigenvalue weighted by atomic mass is 35.5. The molecule has 1 aromatic rings. The lowest BCUT2D eigenvalue weighted by molar-refractivity contribution is -0.121. The molecule has 3 N–H and O–H groups in total. The van der Waals surface area contributed by atoms with Crippen molar-refractivity contribution in [2.75, 3.05) is 12.3 Å². The maximum atomic E-state index is 11.4. The van der Waals surface area contributed by atoms with Crippen LogP contribution in [0.15, 0.2) is 29.2 Å². The van der Waals surface area contributed by atoms with Crippen LogP contribution in [0.1, 0.15) is 25.3 Å². The van der Waals surface area contributed by atoms with Gasteiger partial charge in [0, 0.05) is 29.7 Å². The SMILES string of the molecule is Cc1ccc(SCCNC(=O)CCC(C)N)cc1.Cl. The Morgan fingerprint density at radius 1 is 1.37 bits per heavy atom. The summed E-state index contributed by atoms with van der Waals surface area (Å²) in [6, 6.07) is 8.51. The zero-order valence-corrected chi connectivity index (χ0v) is 13.2. The van der Waals surface area contributed by atoms with Gasteiger partial charge < -0.3 is 11.1 Å². The smallest absolute Gasteiger partial charge is 0.220 e. The van der Waals surface area contributed by atoms with E-state index >= 15 is 0 Å². The molecule has 0 saturated carbocycles. The zero-order valence-electron chi connectivity index (χ0n) is 11.5. The molecular weight excluding hydrogens is 280 g/mol. The summed E-state index contributed by atoms with van der Waals surface area (Å²) < 4.78 is 0. The molecule has 1 aromatic carbocycles. The summed E-state index contributed by atoms with van der Waals surface area (Å²) in [5.74, 6) is 0.990. The van der Waals surface area contributed by atoms with Crippen molar-refractivity contribution in [2.45, 2.75) is 37.6 Å². The van der Waals surface area contributed by atoms with Crippen LogP contribution in [0.25, 0.3) is 0 Å². The molecule has 3 nitrogen and oxygen atoms in total. The van der Waals surface area contributed by atoms with E-state index in [9.17, 15) is 4.79 Å². The molecule has 0 radical (unpaired) electrons. The van der Waals surface area contributed by atoms with Gasteiger partial charge >= 0.3 is 0 Å². The van der Waals surface area contributed by atoms with E-state index in [1.807, 2.05) is 6.92 Å². The lowest BCUT2D eigenvalue weighted by atomic mass is 10.2. The van der Waals surface area contributed by atoms with Gasteiger partial charge in [0.05, 0.1) is 0 Å². The van der Waals surface area contributed by atoms with Gasteiger partial charge in [-0.15, -0.1) is 24.2 Å². The Kier molecular flexibility index (Phi) is 9.74. The highest BCUT2D eigenvalue weighted by Crippen LogP contribution is 2.17. The van der Waals surface area contributed by atoms with E-state index in [2.05, 4.69) is 36.5 Å². The fraction of sp³-hybridized carbons (Fsp3) is 0.500. The largest absolute Gasteiger partial charge is 0.355 e. The molecule has 0 spiro atoms. The number of carbonyl (C=O) groups excluding carboxylic acids is 1. The molecule has 0 aliphatic heterocycles. The summed E-state index contributed by atoms with van der Waals surface area (Å²) >= 11 is 1.76. The van der Waals surface area contributed by atoms with E-state index in [0.717, 1.165) is 12.2 Å². The van der Waals surface area contributed by atoms with Crippen LogP contribution in [0, 0.1) is 6.92 Å². The third-order valence-electron chi connectivity index (χ3n) is 2.54. The van der Waals surface area contributed by atoms with Crippen LogP contribution in [-0.2, 0) is 4.79 Å². The van der Waals surface area contributed by atoms with Gasteiger partial charge in [-0.2, -0.15) is 0 Å². The predicted octanol–water partition coefficient (Wildman–Crippen LogP) is 2.75. The van der Waals surface area contributed by atoms with Crippen LogP contribution >= 0.6 is 24.2 Å². The number of hydrogen-bond acceptors (Lipinski definition) is 3. The van der Waals surface area contributed by atoms with Crippen LogP contribution < -0.4 is 11.1 Å². The lowest BCUT2D eigenvalue weighted by Gasteiger charge is -2.07. The van der Waals surface area contributed by atoms with Crippen molar-refractivity contribution in [3.8, 4) is 0 Å². The van der Waals surface area contributed by atoms with Gasteiger partial charge in [-0.25, -0.2) is 0 Å². The third-order valence-corrected chi connectivity index (χ3v) is 3.55. The number of carbonyl (C=O) groups is 1. The zero-order chi connectivity index (χ0) is 13.4. The maximum absolute atomic E-state index is 11.4. The first kappa shape index (κ1) is 18.3. The first-order valence-electron chi connectivity index (χ1n) is 6.29. The van der Waals surface area contributed by atoms with Crippen molar-refractivity contribution in [1.29, 1.82) is 0 Å². The Balaban J connectivity index is 0.00000324. The maximum Gasteiger partial charge on any atom is 0.220 e. The quantitative estimate of drug-likeness (QED) is 0.601. The monoisotopic (exact) mass is 302 g/mol. The molecule has 0 aromatic heterocycles. The van der Waals surface area contributed by atoms with E-state index in [-0.39, 0.29) is 24.4 Å². The number of halogens is 1. The average Bonchev–Trinajstić information content (AvgIpc) is 2.34. The fourth-order valence-electron chi connectivity index (χ4n) is 1.44. The number of nitrogens with two attached hydrogens (primary N) is 1. The Morgan fingerprint density at radius 3 is 2.58 bits per heavy atom. The molecule has 0 aliphatic carbocycles. The van der Waals surface area contributed by atoms with Gasteiger partial charge in [0.15, 0.2) is 0 Å². The summed E-state index contributed by atoms with van der Waals surface area (Å²) in [5, 5.41) is 2.90. The van der Waals surface area contributed by atoms with Gasteiger partial charge in [0.25, 0.3) is 0 Å². The summed E-state index contributed by atoms with van der Waals surface area (Å²) in [5.41, 5.74) is 6.87. The van der Waals surface area contributed by atoms with Crippen molar-refractivity contribution in [3.05, 3.63) is 29.8 Å². The summed E-state index contributed by atoms with van der Waals surface area (Å²) in [4.78, 5) is 12.7. The van der Waals surface area contributed by atoms with Gasteiger partial charge in [0.1, 0.15) is 0 Å². The Labute approximate surface area is 126 Å². The number of rotatable bonds is 7. The number of benzene rings is 1. The molecule has 0 bridgehead atoms. The van der Waals surface area contributed by atoms with Crippen LogP contribution in [0.2, 0.25) is 0 Å². The summed E-state index contributed by atoms with van der Waals surface area (Å²) in [7, 11) is 0. The number of hydrogen-bond donors (Lipinski definition) is 2. The second-order valence-electron chi connectivity index (χ2n) is 4.53. The van der Waals surface area contributed by atoms with E-state index in [1.165, 1.54) is 10.5 Å². The van der Waals surface area contributed by atoms with E-state index in [1.54, 1.807) is 11.8 Å². The van der Waals surface area contributed by atoms with Crippen molar-refractivity contribution >= 4 is 30.1 Å². The fourth-order valence-corrected chi connectivity index (χ4v) is 2.21. The molecule has 0 heterocycles. The second kappa shape index (κ2) is 10.1. The normalized spacial score (nSPS) is 11.5. The van der Waals surface area contributed by atoms with E-state index in [4.69, 9.17) is 5.73 Å². The topological polar surface area (TPSA) is 55.1 Å². The molecule has 1 atom stereocenters. The molecule has 0 aliphatic rings. The number of aryl methyl sites for hydroxylation is 1. The third kappa shape index (κ3) is 8.92. The molecule has 19 heavy (non-hydrogen) atoms. The van der Waals surface area contributed by atoms with Crippen LogP contribution in [0.4, 0.5) is 0 Å². The van der Waals surface area contributed by atoms with E-state index < -0.39 is 0 Å². The van der Waals surface area contributed by atoms with Crippen molar-refractivity contribution < 1.29 is 4.79 Å². The molecular formula is C14H23ClN2OS.